The van der Waals surface area contributed by atoms with Crippen LogP contribution >= 0.6 is 24.4 Å². The molecule has 2 rings (SSSR count). The number of fused-ring (bicyclic) bond motifs is 1. The molecule has 0 radical (unpaired) electrons. The zero-order valence-corrected chi connectivity index (χ0v) is 14.1. The molecule has 21 heavy (non-hydrogen) atoms. The van der Waals surface area contributed by atoms with Crippen LogP contribution in [0.3, 0.4) is 0 Å². The number of hydrogen-bond acceptors (Lipinski definition) is 4. The lowest BCUT2D eigenvalue weighted by molar-refractivity contribution is -0.135. The minimum absolute atomic E-state index is 0.0991. The van der Waals surface area contributed by atoms with Gasteiger partial charge < -0.3 is 4.74 Å². The minimum Gasteiger partial charge on any atom is -0.426 e. The molecule has 1 aromatic carbocycles. The molecule has 0 aliphatic carbocycles. The normalized spacial score (nSPS) is 17.4. The number of hydrogen-bond donors (Lipinski definition) is 1. The highest BCUT2D eigenvalue weighted by Crippen LogP contribution is 2.41. The number of carbonyl (C=O) groups excluding carboxylic acids is 1. The average molecular weight is 325 g/mol. The predicted octanol–water partition coefficient (Wildman–Crippen LogP) is 5.04. The molecule has 116 valence electrons. The fraction of sp³-hybridized carbons (Fsp3) is 0.588. The zero-order chi connectivity index (χ0) is 14.9. The molecule has 1 aliphatic rings. The van der Waals surface area contributed by atoms with Gasteiger partial charge in [-0.25, -0.2) is 0 Å². The summed E-state index contributed by atoms with van der Waals surface area (Å²) in [6.45, 7) is 0. The second-order valence-corrected chi connectivity index (χ2v) is 7.18. The highest BCUT2D eigenvalue weighted by molar-refractivity contribution is 7.99. The third-order valence-electron chi connectivity index (χ3n) is 3.71. The molecular weight excluding hydrogens is 300 g/mol. The van der Waals surface area contributed by atoms with Crippen LogP contribution < -0.4 is 4.74 Å². The van der Waals surface area contributed by atoms with Gasteiger partial charge in [0.05, 0.1) is 6.42 Å². The molecule has 0 bridgehead atoms. The number of thiol groups is 1. The van der Waals surface area contributed by atoms with Crippen LogP contribution in [0.15, 0.2) is 24.3 Å². The largest absolute Gasteiger partial charge is 0.426 e. The number of unbranched alkanes of at least 4 members (excludes halogenated alkanes) is 5. The van der Waals surface area contributed by atoms with Crippen LogP contribution in [0.5, 0.6) is 5.75 Å². The molecule has 0 spiro atoms. The van der Waals surface area contributed by atoms with Crippen molar-refractivity contribution in [1.82, 2.24) is 0 Å². The fourth-order valence-corrected chi connectivity index (χ4v) is 4.07. The molecule has 1 unspecified atom stereocenters. The second kappa shape index (κ2) is 9.42. The number of thioether (sulfide) groups is 1. The van der Waals surface area contributed by atoms with E-state index in [9.17, 15) is 4.79 Å². The minimum atomic E-state index is -0.0991. The summed E-state index contributed by atoms with van der Waals surface area (Å²) < 4.78 is 5.29. The molecule has 0 saturated carbocycles. The van der Waals surface area contributed by atoms with E-state index in [1.54, 1.807) is 0 Å². The smallest absolute Gasteiger partial charge is 0.312 e. The fourth-order valence-electron chi connectivity index (χ4n) is 2.56. The van der Waals surface area contributed by atoms with Crippen molar-refractivity contribution in [1.29, 1.82) is 0 Å². The Labute approximate surface area is 137 Å². The summed E-state index contributed by atoms with van der Waals surface area (Å²) in [5.74, 6) is 2.78. The summed E-state index contributed by atoms with van der Waals surface area (Å²) >= 11 is 6.13. The van der Waals surface area contributed by atoms with Crippen LogP contribution in [-0.2, 0) is 4.79 Å². The van der Waals surface area contributed by atoms with Gasteiger partial charge in [0.25, 0.3) is 0 Å². The lowest BCUT2D eigenvalue weighted by Crippen LogP contribution is -2.18. The second-order valence-electron chi connectivity index (χ2n) is 5.42. The topological polar surface area (TPSA) is 26.3 Å². The molecule has 1 atom stereocenters. The molecule has 0 N–H and O–H groups in total. The van der Waals surface area contributed by atoms with Gasteiger partial charge in [0.2, 0.25) is 0 Å². The van der Waals surface area contributed by atoms with Crippen LogP contribution in [0.25, 0.3) is 0 Å². The molecule has 0 fully saturated rings. The van der Waals surface area contributed by atoms with E-state index >= 15 is 0 Å². The average Bonchev–Trinajstić information content (AvgIpc) is 2.49. The summed E-state index contributed by atoms with van der Waals surface area (Å²) in [6, 6.07) is 7.91. The van der Waals surface area contributed by atoms with E-state index in [1.807, 2.05) is 30.0 Å². The summed E-state index contributed by atoms with van der Waals surface area (Å²) in [6.07, 6.45) is 8.21. The van der Waals surface area contributed by atoms with E-state index in [4.69, 9.17) is 4.74 Å². The summed E-state index contributed by atoms with van der Waals surface area (Å²) in [5, 5.41) is 0.270. The van der Waals surface area contributed by atoms with Crippen molar-refractivity contribution in [3.05, 3.63) is 29.8 Å². The quantitative estimate of drug-likeness (QED) is 0.298. The summed E-state index contributed by atoms with van der Waals surface area (Å²) in [7, 11) is 0. The maximum Gasteiger partial charge on any atom is 0.312 e. The SMILES string of the molecule is O=C1CC(SCCCCCCCCS)c2ccccc2O1. The summed E-state index contributed by atoms with van der Waals surface area (Å²) in [5.41, 5.74) is 1.18. The summed E-state index contributed by atoms with van der Waals surface area (Å²) in [4.78, 5) is 11.6. The Balaban J connectivity index is 1.68. The van der Waals surface area contributed by atoms with Crippen molar-refractivity contribution >= 4 is 30.4 Å². The first-order valence-corrected chi connectivity index (χ1v) is 9.51. The number of benzene rings is 1. The lowest BCUT2D eigenvalue weighted by Gasteiger charge is -2.23. The number of ether oxygens (including phenoxy) is 1. The van der Waals surface area contributed by atoms with E-state index in [0.29, 0.717) is 6.42 Å². The van der Waals surface area contributed by atoms with Gasteiger partial charge in [0.1, 0.15) is 5.75 Å². The monoisotopic (exact) mass is 324 g/mol. The Morgan fingerprint density at radius 3 is 2.62 bits per heavy atom. The molecule has 2 nitrogen and oxygen atoms in total. The molecule has 0 aromatic heterocycles. The van der Waals surface area contributed by atoms with Gasteiger partial charge in [-0.05, 0) is 30.4 Å². The van der Waals surface area contributed by atoms with E-state index in [1.165, 1.54) is 44.1 Å². The van der Waals surface area contributed by atoms with E-state index in [2.05, 4.69) is 18.7 Å². The van der Waals surface area contributed by atoms with Crippen molar-refractivity contribution < 1.29 is 9.53 Å². The maximum atomic E-state index is 11.6. The molecule has 4 heteroatoms. The van der Waals surface area contributed by atoms with E-state index < -0.39 is 0 Å². The Morgan fingerprint density at radius 2 is 1.81 bits per heavy atom. The number of carbonyl (C=O) groups is 1. The first kappa shape index (κ1) is 16.8. The van der Waals surface area contributed by atoms with Crippen LogP contribution in [0.1, 0.15) is 55.8 Å². The first-order valence-electron chi connectivity index (χ1n) is 7.83. The van der Waals surface area contributed by atoms with Crippen molar-refractivity contribution in [2.75, 3.05) is 11.5 Å². The number of esters is 1. The van der Waals surface area contributed by atoms with Crippen molar-refractivity contribution in [3.8, 4) is 5.75 Å². The van der Waals surface area contributed by atoms with E-state index in [-0.39, 0.29) is 11.2 Å². The molecule has 0 saturated heterocycles. The van der Waals surface area contributed by atoms with Crippen LogP contribution in [0.4, 0.5) is 0 Å². The van der Waals surface area contributed by atoms with Gasteiger partial charge in [-0.2, -0.15) is 24.4 Å². The van der Waals surface area contributed by atoms with Crippen LogP contribution in [0, 0.1) is 0 Å². The van der Waals surface area contributed by atoms with E-state index in [0.717, 1.165) is 17.3 Å². The molecule has 1 heterocycles. The number of rotatable bonds is 9. The highest BCUT2D eigenvalue weighted by Gasteiger charge is 2.26. The van der Waals surface area contributed by atoms with Gasteiger partial charge in [-0.15, -0.1) is 0 Å². The van der Waals surface area contributed by atoms with Gasteiger partial charge in [-0.3, -0.25) is 4.79 Å². The third kappa shape index (κ3) is 5.59. The van der Waals surface area contributed by atoms with Crippen molar-refractivity contribution in [2.45, 2.75) is 50.2 Å². The predicted molar refractivity (Wildman–Crippen MR) is 93.4 cm³/mol. The van der Waals surface area contributed by atoms with Crippen molar-refractivity contribution in [2.24, 2.45) is 0 Å². The van der Waals surface area contributed by atoms with Gasteiger partial charge in [-0.1, -0.05) is 43.9 Å². The Bertz CT molecular complexity index is 448. The standard InChI is InChI=1S/C17H24O2S2/c18-17-13-16(14-9-5-6-10-15(14)19-17)21-12-8-4-2-1-3-7-11-20/h5-6,9-10,16,20H,1-4,7-8,11-13H2. The highest BCUT2D eigenvalue weighted by atomic mass is 32.2. The van der Waals surface area contributed by atoms with Gasteiger partial charge in [0.15, 0.2) is 0 Å². The van der Waals surface area contributed by atoms with Crippen LogP contribution in [0.2, 0.25) is 0 Å². The Hall–Kier alpha value is -0.610. The molecule has 1 aromatic rings. The Kier molecular flexibility index (Phi) is 7.51. The van der Waals surface area contributed by atoms with Gasteiger partial charge in [0, 0.05) is 10.8 Å². The zero-order valence-electron chi connectivity index (χ0n) is 12.4. The first-order chi connectivity index (χ1) is 10.3. The van der Waals surface area contributed by atoms with Crippen LogP contribution in [-0.4, -0.2) is 17.5 Å². The molecular formula is C17H24O2S2. The maximum absolute atomic E-state index is 11.6. The van der Waals surface area contributed by atoms with Gasteiger partial charge >= 0.3 is 5.97 Å². The lowest BCUT2D eigenvalue weighted by atomic mass is 10.1. The molecule has 1 aliphatic heterocycles. The van der Waals surface area contributed by atoms with Crippen molar-refractivity contribution in [3.63, 3.8) is 0 Å². The molecule has 0 amide bonds. The Morgan fingerprint density at radius 1 is 1.10 bits per heavy atom. The number of para-hydroxylation sites is 1. The third-order valence-corrected chi connectivity index (χ3v) is 5.38.